The number of nitrogens with one attached hydrogen (secondary N) is 3. The summed E-state index contributed by atoms with van der Waals surface area (Å²) in [7, 11) is 1.90. The van der Waals surface area contributed by atoms with Crippen molar-refractivity contribution in [1.82, 2.24) is 16.0 Å². The fraction of sp³-hybridized carbons (Fsp3) is 0.625. The van der Waals surface area contributed by atoms with Crippen LogP contribution in [0.25, 0.3) is 0 Å². The van der Waals surface area contributed by atoms with Crippen molar-refractivity contribution in [3.8, 4) is 0 Å². The van der Waals surface area contributed by atoms with Crippen LogP contribution in [-0.4, -0.2) is 44.1 Å². The standard InChI is InChI=1S/C16H29N3O/c1-13(2)10-18-11-16(20)15(19-12-17-3)9-14-7-5-4-6-8-14/h4-8,13,15-20H,9-12H2,1-3H3/t15-,16+/m0/s1. The summed E-state index contributed by atoms with van der Waals surface area (Å²) in [5.41, 5.74) is 1.24. The molecule has 0 saturated heterocycles. The SMILES string of the molecule is CNCN[C@@H](Cc1ccccc1)[C@H](O)CNCC(C)C. The van der Waals surface area contributed by atoms with E-state index in [0.29, 0.717) is 19.1 Å². The molecule has 0 aliphatic carbocycles. The lowest BCUT2D eigenvalue weighted by Gasteiger charge is -2.25. The zero-order valence-electron chi connectivity index (χ0n) is 12.9. The van der Waals surface area contributed by atoms with Gasteiger partial charge in [-0.15, -0.1) is 0 Å². The first kappa shape index (κ1) is 17.1. The van der Waals surface area contributed by atoms with E-state index in [1.165, 1.54) is 5.56 Å². The van der Waals surface area contributed by atoms with Crippen molar-refractivity contribution in [2.45, 2.75) is 32.4 Å². The average Bonchev–Trinajstić information content (AvgIpc) is 2.44. The monoisotopic (exact) mass is 279 g/mol. The topological polar surface area (TPSA) is 56.3 Å². The van der Waals surface area contributed by atoms with Gasteiger partial charge in [-0.05, 0) is 31.5 Å². The minimum Gasteiger partial charge on any atom is -0.390 e. The maximum Gasteiger partial charge on any atom is 0.0820 e. The molecule has 0 aliphatic heterocycles. The van der Waals surface area contributed by atoms with Gasteiger partial charge in [0.2, 0.25) is 0 Å². The third kappa shape index (κ3) is 7.01. The highest BCUT2D eigenvalue weighted by Crippen LogP contribution is 2.06. The normalized spacial score (nSPS) is 14.4. The second-order valence-electron chi connectivity index (χ2n) is 5.65. The van der Waals surface area contributed by atoms with Crippen LogP contribution in [0.15, 0.2) is 30.3 Å². The van der Waals surface area contributed by atoms with E-state index in [0.717, 1.165) is 13.0 Å². The summed E-state index contributed by atoms with van der Waals surface area (Å²) >= 11 is 0. The number of aliphatic hydroxyl groups is 1. The molecular weight excluding hydrogens is 250 g/mol. The molecule has 0 spiro atoms. The van der Waals surface area contributed by atoms with Crippen LogP contribution in [0, 0.1) is 5.92 Å². The second kappa shape index (κ2) is 9.88. The lowest BCUT2D eigenvalue weighted by molar-refractivity contribution is 0.123. The summed E-state index contributed by atoms with van der Waals surface area (Å²) in [4.78, 5) is 0. The highest BCUT2D eigenvalue weighted by atomic mass is 16.3. The maximum atomic E-state index is 10.4. The summed E-state index contributed by atoms with van der Waals surface area (Å²) < 4.78 is 0. The van der Waals surface area contributed by atoms with Crippen LogP contribution in [0.3, 0.4) is 0 Å². The van der Waals surface area contributed by atoms with Gasteiger partial charge in [0.1, 0.15) is 0 Å². The summed E-state index contributed by atoms with van der Waals surface area (Å²) in [5, 5.41) is 20.1. The van der Waals surface area contributed by atoms with E-state index in [9.17, 15) is 5.11 Å². The molecule has 0 unspecified atom stereocenters. The highest BCUT2D eigenvalue weighted by Gasteiger charge is 2.18. The molecule has 0 heterocycles. The van der Waals surface area contributed by atoms with E-state index in [4.69, 9.17) is 0 Å². The Morgan fingerprint density at radius 2 is 1.80 bits per heavy atom. The van der Waals surface area contributed by atoms with Gasteiger partial charge in [-0.3, -0.25) is 5.32 Å². The minimum atomic E-state index is -0.401. The summed E-state index contributed by atoms with van der Waals surface area (Å²) in [5.74, 6) is 0.597. The summed E-state index contributed by atoms with van der Waals surface area (Å²) in [6.07, 6.45) is 0.426. The fourth-order valence-corrected chi connectivity index (χ4v) is 2.11. The zero-order chi connectivity index (χ0) is 14.8. The molecule has 4 N–H and O–H groups in total. The van der Waals surface area contributed by atoms with Crippen LogP contribution < -0.4 is 16.0 Å². The third-order valence-electron chi connectivity index (χ3n) is 3.21. The van der Waals surface area contributed by atoms with Crippen LogP contribution >= 0.6 is 0 Å². The van der Waals surface area contributed by atoms with Crippen LogP contribution in [-0.2, 0) is 6.42 Å². The molecule has 0 bridgehead atoms. The summed E-state index contributed by atoms with van der Waals surface area (Å²) in [6.45, 7) is 6.58. The Bertz CT molecular complexity index is 343. The van der Waals surface area contributed by atoms with E-state index in [2.05, 4.69) is 41.9 Å². The van der Waals surface area contributed by atoms with Crippen molar-refractivity contribution in [1.29, 1.82) is 0 Å². The van der Waals surface area contributed by atoms with Crippen molar-refractivity contribution in [2.24, 2.45) is 5.92 Å². The molecule has 114 valence electrons. The zero-order valence-corrected chi connectivity index (χ0v) is 12.9. The van der Waals surface area contributed by atoms with Gasteiger partial charge >= 0.3 is 0 Å². The largest absolute Gasteiger partial charge is 0.390 e. The molecule has 0 radical (unpaired) electrons. The first-order chi connectivity index (χ1) is 9.63. The van der Waals surface area contributed by atoms with E-state index in [1.54, 1.807) is 0 Å². The van der Waals surface area contributed by atoms with E-state index >= 15 is 0 Å². The Kier molecular flexibility index (Phi) is 8.46. The van der Waals surface area contributed by atoms with Gasteiger partial charge in [0, 0.05) is 19.3 Å². The van der Waals surface area contributed by atoms with Crippen molar-refractivity contribution < 1.29 is 5.11 Å². The van der Waals surface area contributed by atoms with E-state index in [-0.39, 0.29) is 6.04 Å². The first-order valence-electron chi connectivity index (χ1n) is 7.44. The van der Waals surface area contributed by atoms with Gasteiger partial charge in [-0.1, -0.05) is 44.2 Å². The number of rotatable bonds is 10. The van der Waals surface area contributed by atoms with Gasteiger partial charge < -0.3 is 15.7 Å². The predicted octanol–water partition coefficient (Wildman–Crippen LogP) is 0.971. The number of hydrogen-bond acceptors (Lipinski definition) is 4. The molecule has 0 saturated carbocycles. The van der Waals surface area contributed by atoms with Gasteiger partial charge in [0.05, 0.1) is 6.10 Å². The molecule has 20 heavy (non-hydrogen) atoms. The Morgan fingerprint density at radius 1 is 1.10 bits per heavy atom. The first-order valence-corrected chi connectivity index (χ1v) is 7.44. The van der Waals surface area contributed by atoms with Crippen molar-refractivity contribution >= 4 is 0 Å². The highest BCUT2D eigenvalue weighted by molar-refractivity contribution is 5.16. The molecule has 2 atom stereocenters. The van der Waals surface area contributed by atoms with Crippen LogP contribution in [0.1, 0.15) is 19.4 Å². The lowest BCUT2D eigenvalue weighted by atomic mass is 10.0. The maximum absolute atomic E-state index is 10.4. The van der Waals surface area contributed by atoms with Gasteiger partial charge in [-0.2, -0.15) is 0 Å². The second-order valence-corrected chi connectivity index (χ2v) is 5.65. The van der Waals surface area contributed by atoms with Crippen molar-refractivity contribution in [2.75, 3.05) is 26.8 Å². The quantitative estimate of drug-likeness (QED) is 0.482. The molecule has 0 aliphatic rings. The molecule has 0 amide bonds. The number of hydrogen-bond donors (Lipinski definition) is 4. The van der Waals surface area contributed by atoms with Gasteiger partial charge in [0.15, 0.2) is 0 Å². The van der Waals surface area contributed by atoms with E-state index < -0.39 is 6.10 Å². The number of aliphatic hydroxyl groups excluding tert-OH is 1. The smallest absolute Gasteiger partial charge is 0.0820 e. The van der Waals surface area contributed by atoms with Gasteiger partial charge in [0.25, 0.3) is 0 Å². The minimum absolute atomic E-state index is 0.0458. The van der Waals surface area contributed by atoms with E-state index in [1.807, 2.05) is 25.2 Å². The molecule has 1 aromatic carbocycles. The molecule has 0 aromatic heterocycles. The fourth-order valence-electron chi connectivity index (χ4n) is 2.11. The Balaban J connectivity index is 2.49. The predicted molar refractivity (Wildman–Crippen MR) is 84.7 cm³/mol. The molecule has 4 nitrogen and oxygen atoms in total. The third-order valence-corrected chi connectivity index (χ3v) is 3.21. The van der Waals surface area contributed by atoms with Crippen LogP contribution in [0.5, 0.6) is 0 Å². The average molecular weight is 279 g/mol. The number of benzene rings is 1. The Hall–Kier alpha value is -0.940. The molecule has 1 rings (SSSR count). The molecular formula is C16H29N3O. The van der Waals surface area contributed by atoms with Crippen LogP contribution in [0.2, 0.25) is 0 Å². The Labute approximate surface area is 123 Å². The van der Waals surface area contributed by atoms with Crippen LogP contribution in [0.4, 0.5) is 0 Å². The Morgan fingerprint density at radius 3 is 2.40 bits per heavy atom. The molecule has 1 aromatic rings. The van der Waals surface area contributed by atoms with Crippen molar-refractivity contribution in [3.63, 3.8) is 0 Å². The molecule has 4 heteroatoms. The summed E-state index contributed by atoms with van der Waals surface area (Å²) in [6, 6.07) is 10.3. The lowest BCUT2D eigenvalue weighted by Crippen LogP contribution is -2.49. The van der Waals surface area contributed by atoms with Crippen molar-refractivity contribution in [3.05, 3.63) is 35.9 Å². The van der Waals surface area contributed by atoms with Gasteiger partial charge in [-0.25, -0.2) is 0 Å². The molecule has 0 fully saturated rings.